The zero-order valence-corrected chi connectivity index (χ0v) is 21.5. The zero-order chi connectivity index (χ0) is 24.2. The van der Waals surface area contributed by atoms with E-state index in [2.05, 4.69) is 45.7 Å². The number of aromatic amines is 1. The van der Waals surface area contributed by atoms with Crippen molar-refractivity contribution in [3.63, 3.8) is 0 Å². The normalized spacial score (nSPS) is 22.1. The molecule has 2 aromatic carbocycles. The minimum Gasteiger partial charge on any atom is -0.361 e. The van der Waals surface area contributed by atoms with Gasteiger partial charge in [0, 0.05) is 35.8 Å². The quantitative estimate of drug-likeness (QED) is 0.350. The number of nitrogens with one attached hydrogen (secondary N) is 2. The Morgan fingerprint density at radius 3 is 2.54 bits per heavy atom. The van der Waals surface area contributed by atoms with Crippen molar-refractivity contribution in [1.82, 2.24) is 15.2 Å². The van der Waals surface area contributed by atoms with Crippen LogP contribution in [0, 0.1) is 5.92 Å². The van der Waals surface area contributed by atoms with Crippen LogP contribution in [0.25, 0.3) is 17.0 Å². The maximum Gasteiger partial charge on any atom is 0.244 e. The van der Waals surface area contributed by atoms with E-state index in [1.54, 1.807) is 24.3 Å². The lowest BCUT2D eigenvalue weighted by atomic mass is 9.83. The van der Waals surface area contributed by atoms with Gasteiger partial charge in [-0.2, -0.15) is 0 Å². The van der Waals surface area contributed by atoms with E-state index in [0.717, 1.165) is 12.1 Å². The van der Waals surface area contributed by atoms with E-state index >= 15 is 0 Å². The smallest absolute Gasteiger partial charge is 0.244 e. The van der Waals surface area contributed by atoms with E-state index in [9.17, 15) is 4.79 Å². The molecule has 6 heteroatoms. The summed E-state index contributed by atoms with van der Waals surface area (Å²) in [6.45, 7) is 3.13. The average molecular weight is 511 g/mol. The third-order valence-electron chi connectivity index (χ3n) is 7.86. The van der Waals surface area contributed by atoms with E-state index in [1.807, 2.05) is 6.07 Å². The molecule has 0 atom stereocenters. The van der Waals surface area contributed by atoms with E-state index in [1.165, 1.54) is 68.1 Å². The summed E-state index contributed by atoms with van der Waals surface area (Å²) >= 11 is 12.0. The van der Waals surface area contributed by atoms with Crippen LogP contribution in [0.4, 0.5) is 0 Å². The molecule has 184 valence electrons. The molecule has 4 nitrogen and oxygen atoms in total. The second-order valence-electron chi connectivity index (χ2n) is 10.0. The van der Waals surface area contributed by atoms with Crippen molar-refractivity contribution in [2.45, 2.75) is 50.5 Å². The number of nitrogens with zero attached hydrogens (tertiary/aromatic N) is 1. The summed E-state index contributed by atoms with van der Waals surface area (Å²) in [6.07, 6.45) is 12.9. The second kappa shape index (κ2) is 11.2. The monoisotopic (exact) mass is 509 g/mol. The van der Waals surface area contributed by atoms with Gasteiger partial charge in [0.15, 0.2) is 0 Å². The first kappa shape index (κ1) is 24.4. The number of amides is 1. The third-order valence-corrected chi connectivity index (χ3v) is 8.60. The number of benzene rings is 2. The molecule has 0 unspecified atom stereocenters. The van der Waals surface area contributed by atoms with Crippen LogP contribution in [0.3, 0.4) is 0 Å². The van der Waals surface area contributed by atoms with Gasteiger partial charge in [-0.05, 0) is 98.9 Å². The summed E-state index contributed by atoms with van der Waals surface area (Å²) in [7, 11) is 0. The van der Waals surface area contributed by atoms with Gasteiger partial charge in [0.05, 0.1) is 10.0 Å². The highest BCUT2D eigenvalue weighted by Crippen LogP contribution is 2.36. The molecule has 2 heterocycles. The number of para-hydroxylation sites is 1. The predicted molar refractivity (Wildman–Crippen MR) is 146 cm³/mol. The highest BCUT2D eigenvalue weighted by atomic mass is 35.5. The summed E-state index contributed by atoms with van der Waals surface area (Å²) < 4.78 is 0. The molecule has 1 saturated heterocycles. The van der Waals surface area contributed by atoms with Gasteiger partial charge in [-0.3, -0.25) is 4.79 Å². The van der Waals surface area contributed by atoms with E-state index in [-0.39, 0.29) is 5.91 Å². The Morgan fingerprint density at radius 1 is 1.00 bits per heavy atom. The Labute approximate surface area is 217 Å². The van der Waals surface area contributed by atoms with Crippen molar-refractivity contribution in [1.29, 1.82) is 0 Å². The minimum atomic E-state index is -0.0578. The van der Waals surface area contributed by atoms with Gasteiger partial charge >= 0.3 is 0 Å². The number of carbonyl (C=O) groups is 1. The Kier molecular flexibility index (Phi) is 7.81. The molecule has 1 amide bonds. The molecule has 0 spiro atoms. The number of H-pyrrole nitrogens is 1. The minimum absolute atomic E-state index is 0.0578. The first-order valence-electron chi connectivity index (χ1n) is 12.8. The van der Waals surface area contributed by atoms with Crippen LogP contribution in [0.2, 0.25) is 10.0 Å². The number of fused-ring (bicyclic) bond motifs is 1. The molecule has 1 aliphatic heterocycles. The van der Waals surface area contributed by atoms with Gasteiger partial charge in [-0.1, -0.05) is 47.5 Å². The maximum absolute atomic E-state index is 12.3. The SMILES string of the molecule is O=C(/C=C/c1ccc(Cl)c(Cl)c1)NCC1CCC(N2CCC(c3c[nH]c4ccccc34)CC2)CC1. The molecule has 2 fully saturated rings. The van der Waals surface area contributed by atoms with E-state index in [4.69, 9.17) is 23.2 Å². The number of hydrogen-bond donors (Lipinski definition) is 2. The molecule has 2 N–H and O–H groups in total. The molecule has 3 aromatic rings. The van der Waals surface area contributed by atoms with Crippen molar-refractivity contribution in [2.75, 3.05) is 19.6 Å². The van der Waals surface area contributed by atoms with E-state index < -0.39 is 0 Å². The highest BCUT2D eigenvalue weighted by molar-refractivity contribution is 6.42. The van der Waals surface area contributed by atoms with Crippen LogP contribution in [0.5, 0.6) is 0 Å². The fourth-order valence-electron chi connectivity index (χ4n) is 5.81. The number of likely N-dealkylation sites (tertiary alicyclic amines) is 1. The lowest BCUT2D eigenvalue weighted by molar-refractivity contribution is -0.116. The van der Waals surface area contributed by atoms with Crippen molar-refractivity contribution in [3.8, 4) is 0 Å². The van der Waals surface area contributed by atoms with Crippen molar-refractivity contribution >= 4 is 46.1 Å². The maximum atomic E-state index is 12.3. The lowest BCUT2D eigenvalue weighted by Crippen LogP contribution is -2.43. The molecule has 1 aromatic heterocycles. The number of piperidine rings is 1. The van der Waals surface area contributed by atoms with Crippen molar-refractivity contribution in [3.05, 3.63) is 75.9 Å². The Morgan fingerprint density at radius 2 is 1.77 bits per heavy atom. The van der Waals surface area contributed by atoms with Crippen LogP contribution < -0.4 is 5.32 Å². The van der Waals surface area contributed by atoms with Crippen LogP contribution in [0.15, 0.2) is 54.7 Å². The molecule has 5 rings (SSSR count). The Bertz CT molecular complexity index is 1190. The molecule has 1 saturated carbocycles. The van der Waals surface area contributed by atoms with Crippen LogP contribution in [-0.2, 0) is 4.79 Å². The topological polar surface area (TPSA) is 48.1 Å². The van der Waals surface area contributed by atoms with Crippen molar-refractivity contribution < 1.29 is 4.79 Å². The molecule has 0 radical (unpaired) electrons. The zero-order valence-electron chi connectivity index (χ0n) is 20.0. The molecule has 0 bridgehead atoms. The second-order valence-corrected chi connectivity index (χ2v) is 10.8. The average Bonchev–Trinajstić information content (AvgIpc) is 3.33. The summed E-state index contributed by atoms with van der Waals surface area (Å²) in [4.78, 5) is 18.4. The standard InChI is InChI=1S/C29H33Cl2N3O/c30-26-11-7-20(17-27(26)31)8-12-29(35)33-18-21-5-9-23(10-6-21)34-15-13-22(14-16-34)25-19-32-28-4-2-1-3-24(25)28/h1-4,7-8,11-12,17,19,21-23,32H,5-6,9-10,13-16,18H2,(H,33,35)/b12-8+. The number of hydrogen-bond acceptors (Lipinski definition) is 2. The van der Waals surface area contributed by atoms with Gasteiger partial charge in [0.2, 0.25) is 5.91 Å². The fraction of sp³-hybridized carbons (Fsp3) is 0.414. The van der Waals surface area contributed by atoms with Crippen LogP contribution >= 0.6 is 23.2 Å². The number of halogens is 2. The number of carbonyl (C=O) groups excluding carboxylic acids is 1. The molecule has 35 heavy (non-hydrogen) atoms. The van der Waals surface area contributed by atoms with Crippen LogP contribution in [-0.4, -0.2) is 41.5 Å². The van der Waals surface area contributed by atoms with Gasteiger partial charge in [-0.25, -0.2) is 0 Å². The lowest BCUT2D eigenvalue weighted by Gasteiger charge is -2.41. The van der Waals surface area contributed by atoms with Gasteiger partial charge in [-0.15, -0.1) is 0 Å². The van der Waals surface area contributed by atoms with Crippen LogP contribution in [0.1, 0.15) is 55.6 Å². The summed E-state index contributed by atoms with van der Waals surface area (Å²) in [5, 5.41) is 5.48. The molecular formula is C29H33Cl2N3O. The number of rotatable bonds is 6. The first-order valence-corrected chi connectivity index (χ1v) is 13.5. The van der Waals surface area contributed by atoms with Gasteiger partial charge in [0.25, 0.3) is 0 Å². The fourth-order valence-corrected chi connectivity index (χ4v) is 6.12. The third kappa shape index (κ3) is 5.94. The number of aromatic nitrogens is 1. The summed E-state index contributed by atoms with van der Waals surface area (Å²) in [5.41, 5.74) is 3.61. The Balaban J connectivity index is 1.04. The van der Waals surface area contributed by atoms with Crippen molar-refractivity contribution in [2.24, 2.45) is 5.92 Å². The first-order chi connectivity index (χ1) is 17.1. The molecular weight excluding hydrogens is 477 g/mol. The largest absolute Gasteiger partial charge is 0.361 e. The van der Waals surface area contributed by atoms with Gasteiger partial charge < -0.3 is 15.2 Å². The Hall–Kier alpha value is -2.27. The summed E-state index contributed by atoms with van der Waals surface area (Å²) in [6, 6.07) is 14.7. The van der Waals surface area contributed by atoms with E-state index in [0.29, 0.717) is 27.9 Å². The van der Waals surface area contributed by atoms with Gasteiger partial charge in [0.1, 0.15) is 0 Å². The highest BCUT2D eigenvalue weighted by Gasteiger charge is 2.30. The summed E-state index contributed by atoms with van der Waals surface area (Å²) in [5.74, 6) is 1.17. The molecule has 1 aliphatic carbocycles. The predicted octanol–water partition coefficient (Wildman–Crippen LogP) is 7.04. The molecule has 2 aliphatic rings.